The Balaban J connectivity index is 1.26. The molecular formula is C27H35N7O4S. The number of rotatable bonds is 7. The van der Waals surface area contributed by atoms with E-state index in [1.165, 1.54) is 6.26 Å². The minimum Gasteiger partial charge on any atom is -0.367 e. The number of fused-ring (bicyclic) bond motifs is 1. The first-order chi connectivity index (χ1) is 18.7. The molecule has 0 unspecified atom stereocenters. The van der Waals surface area contributed by atoms with Crippen molar-refractivity contribution in [1.82, 2.24) is 19.9 Å². The summed E-state index contributed by atoms with van der Waals surface area (Å²) in [6.45, 7) is 4.27. The molecule has 1 aromatic carbocycles. The van der Waals surface area contributed by atoms with Crippen molar-refractivity contribution >= 4 is 50.0 Å². The van der Waals surface area contributed by atoms with Crippen LogP contribution in [0.1, 0.15) is 43.0 Å². The van der Waals surface area contributed by atoms with E-state index in [-0.39, 0.29) is 29.5 Å². The molecule has 1 saturated heterocycles. The van der Waals surface area contributed by atoms with Gasteiger partial charge < -0.3 is 25.4 Å². The fraction of sp³-hybridized carbons (Fsp3) is 0.481. The summed E-state index contributed by atoms with van der Waals surface area (Å²) < 4.78 is 23.2. The predicted octanol–water partition coefficient (Wildman–Crippen LogP) is 2.89. The molecule has 1 saturated carbocycles. The molecule has 1 aliphatic carbocycles. The monoisotopic (exact) mass is 553 g/mol. The van der Waals surface area contributed by atoms with Crippen molar-refractivity contribution in [3.8, 4) is 0 Å². The van der Waals surface area contributed by atoms with Gasteiger partial charge in [-0.25, -0.2) is 13.4 Å². The number of hydrogen-bond donors (Lipinski definition) is 3. The van der Waals surface area contributed by atoms with Gasteiger partial charge >= 0.3 is 0 Å². The Labute approximate surface area is 228 Å². The largest absolute Gasteiger partial charge is 0.367 e. The Kier molecular flexibility index (Phi) is 7.74. The number of H-pyrrole nitrogens is 1. The SMILES string of the molecule is CC(=O)N1CCN(c2cccc3[nH]cc(C(=O)Nc4ccnc(NC5CCC(CS(C)(=O)=O)CC5)n4)c23)CC1. The second-order valence-corrected chi connectivity index (χ2v) is 12.8. The topological polar surface area (TPSA) is 140 Å². The number of sulfone groups is 1. The van der Waals surface area contributed by atoms with Gasteiger partial charge in [0.1, 0.15) is 15.7 Å². The molecule has 2 fully saturated rings. The van der Waals surface area contributed by atoms with Gasteiger partial charge in [0.15, 0.2) is 0 Å². The maximum absolute atomic E-state index is 13.4. The Morgan fingerprint density at radius 2 is 1.82 bits per heavy atom. The number of nitrogens with one attached hydrogen (secondary N) is 3. The minimum absolute atomic E-state index is 0.0768. The quantitative estimate of drug-likeness (QED) is 0.406. The zero-order valence-corrected chi connectivity index (χ0v) is 23.1. The molecular weight excluding hydrogens is 518 g/mol. The van der Waals surface area contributed by atoms with Crippen LogP contribution in [-0.4, -0.2) is 84.3 Å². The molecule has 3 heterocycles. The van der Waals surface area contributed by atoms with Crippen molar-refractivity contribution in [3.63, 3.8) is 0 Å². The molecule has 0 radical (unpaired) electrons. The van der Waals surface area contributed by atoms with Crippen LogP contribution in [0.2, 0.25) is 0 Å². The lowest BCUT2D eigenvalue weighted by atomic mass is 9.87. The molecule has 208 valence electrons. The summed E-state index contributed by atoms with van der Waals surface area (Å²) in [6.07, 6.45) is 7.98. The molecule has 2 aliphatic rings. The van der Waals surface area contributed by atoms with Crippen LogP contribution in [0, 0.1) is 5.92 Å². The maximum atomic E-state index is 13.4. The number of aromatic amines is 1. The standard InChI is InChI=1S/C27H35N7O4S/c1-18(35)33-12-14-34(15-13-33)23-5-3-4-22-25(23)21(16-29-22)26(36)31-24-10-11-28-27(32-24)30-20-8-6-19(7-9-20)17-39(2,37)38/h3-5,10-11,16,19-20,29H,6-9,12-15,17H2,1-2H3,(H2,28,30,31,32,36). The van der Waals surface area contributed by atoms with Crippen LogP contribution in [0.3, 0.4) is 0 Å². The zero-order valence-electron chi connectivity index (χ0n) is 22.3. The van der Waals surface area contributed by atoms with E-state index in [1.54, 1.807) is 25.4 Å². The van der Waals surface area contributed by atoms with Crippen LogP contribution >= 0.6 is 0 Å². The van der Waals surface area contributed by atoms with E-state index in [2.05, 4.69) is 30.5 Å². The second kappa shape index (κ2) is 11.2. The number of aromatic nitrogens is 3. The van der Waals surface area contributed by atoms with Gasteiger partial charge in [0.05, 0.1) is 11.3 Å². The lowest BCUT2D eigenvalue weighted by molar-refractivity contribution is -0.129. The van der Waals surface area contributed by atoms with Crippen LogP contribution in [0.15, 0.2) is 36.7 Å². The highest BCUT2D eigenvalue weighted by molar-refractivity contribution is 7.90. The van der Waals surface area contributed by atoms with Gasteiger partial charge in [0.25, 0.3) is 5.91 Å². The van der Waals surface area contributed by atoms with E-state index in [4.69, 9.17) is 0 Å². The molecule has 0 bridgehead atoms. The van der Waals surface area contributed by atoms with Crippen molar-refractivity contribution in [1.29, 1.82) is 0 Å². The van der Waals surface area contributed by atoms with Gasteiger partial charge in [-0.05, 0) is 49.8 Å². The van der Waals surface area contributed by atoms with Gasteiger partial charge in [-0.3, -0.25) is 9.59 Å². The van der Waals surface area contributed by atoms with Crippen molar-refractivity contribution in [2.45, 2.75) is 38.6 Å². The van der Waals surface area contributed by atoms with E-state index in [0.29, 0.717) is 43.5 Å². The van der Waals surface area contributed by atoms with Gasteiger partial charge in [-0.2, -0.15) is 4.98 Å². The van der Waals surface area contributed by atoms with E-state index >= 15 is 0 Å². The van der Waals surface area contributed by atoms with Crippen LogP contribution in [0.4, 0.5) is 17.5 Å². The molecule has 3 aromatic rings. The molecule has 2 aromatic heterocycles. The summed E-state index contributed by atoms with van der Waals surface area (Å²) in [5.41, 5.74) is 2.34. The molecule has 11 nitrogen and oxygen atoms in total. The van der Waals surface area contributed by atoms with E-state index in [9.17, 15) is 18.0 Å². The Bertz CT molecular complexity index is 1460. The van der Waals surface area contributed by atoms with Crippen molar-refractivity contribution in [2.75, 3.05) is 53.7 Å². The van der Waals surface area contributed by atoms with Crippen LogP contribution in [-0.2, 0) is 14.6 Å². The van der Waals surface area contributed by atoms with Crippen LogP contribution < -0.4 is 15.5 Å². The van der Waals surface area contributed by atoms with E-state index in [1.807, 2.05) is 23.1 Å². The fourth-order valence-electron chi connectivity index (χ4n) is 5.64. The molecule has 1 aliphatic heterocycles. The normalized spacial score (nSPS) is 20.2. The zero-order chi connectivity index (χ0) is 27.6. The first-order valence-electron chi connectivity index (χ1n) is 13.4. The second-order valence-electron chi connectivity index (χ2n) is 10.6. The van der Waals surface area contributed by atoms with Gasteiger partial charge in [0.2, 0.25) is 11.9 Å². The molecule has 0 atom stereocenters. The lowest BCUT2D eigenvalue weighted by Gasteiger charge is -2.36. The lowest BCUT2D eigenvalue weighted by Crippen LogP contribution is -2.48. The predicted molar refractivity (Wildman–Crippen MR) is 152 cm³/mol. The number of benzene rings is 1. The number of hydrogen-bond acceptors (Lipinski definition) is 8. The van der Waals surface area contributed by atoms with Crippen molar-refractivity contribution < 1.29 is 18.0 Å². The maximum Gasteiger partial charge on any atom is 0.259 e. The molecule has 5 rings (SSSR count). The summed E-state index contributed by atoms with van der Waals surface area (Å²) in [6, 6.07) is 7.73. The van der Waals surface area contributed by atoms with Crippen molar-refractivity contribution in [3.05, 3.63) is 42.2 Å². The molecule has 12 heteroatoms. The summed E-state index contributed by atoms with van der Waals surface area (Å²) in [7, 11) is -2.97. The summed E-state index contributed by atoms with van der Waals surface area (Å²) in [5.74, 6) is 1.06. The highest BCUT2D eigenvalue weighted by Gasteiger charge is 2.25. The highest BCUT2D eigenvalue weighted by Crippen LogP contribution is 2.31. The first-order valence-corrected chi connectivity index (χ1v) is 15.4. The van der Waals surface area contributed by atoms with Crippen molar-refractivity contribution in [2.24, 2.45) is 5.92 Å². The Morgan fingerprint density at radius 3 is 2.51 bits per heavy atom. The Hall–Kier alpha value is -3.67. The van der Waals surface area contributed by atoms with E-state index < -0.39 is 9.84 Å². The van der Waals surface area contributed by atoms with Gasteiger partial charge in [-0.15, -0.1) is 0 Å². The van der Waals surface area contributed by atoms with Gasteiger partial charge in [0, 0.05) is 74.4 Å². The number of amides is 2. The molecule has 39 heavy (non-hydrogen) atoms. The summed E-state index contributed by atoms with van der Waals surface area (Å²) >= 11 is 0. The smallest absolute Gasteiger partial charge is 0.259 e. The summed E-state index contributed by atoms with van der Waals surface area (Å²) in [4.78, 5) is 41.2. The molecule has 0 spiro atoms. The average Bonchev–Trinajstić information content (AvgIpc) is 3.34. The Morgan fingerprint density at radius 1 is 1.08 bits per heavy atom. The fourth-order valence-corrected chi connectivity index (χ4v) is 6.83. The number of nitrogens with zero attached hydrogens (tertiary/aromatic N) is 4. The number of anilines is 3. The minimum atomic E-state index is -2.97. The number of carbonyl (C=O) groups is 2. The highest BCUT2D eigenvalue weighted by atomic mass is 32.2. The number of piperazine rings is 1. The molecule has 3 N–H and O–H groups in total. The van der Waals surface area contributed by atoms with Crippen LogP contribution in [0.25, 0.3) is 10.9 Å². The van der Waals surface area contributed by atoms with E-state index in [0.717, 1.165) is 42.3 Å². The van der Waals surface area contributed by atoms with Gasteiger partial charge in [-0.1, -0.05) is 6.07 Å². The van der Waals surface area contributed by atoms with Crippen LogP contribution in [0.5, 0.6) is 0 Å². The third kappa shape index (κ3) is 6.49. The third-order valence-electron chi connectivity index (χ3n) is 7.61. The number of carbonyl (C=O) groups excluding carboxylic acids is 2. The first kappa shape index (κ1) is 26.9. The average molecular weight is 554 g/mol. The summed E-state index contributed by atoms with van der Waals surface area (Å²) in [5, 5.41) is 7.09. The third-order valence-corrected chi connectivity index (χ3v) is 8.69. The molecule has 2 amide bonds.